The van der Waals surface area contributed by atoms with Crippen LogP contribution in [0.3, 0.4) is 0 Å². The number of urea groups is 1. The smallest absolute Gasteiger partial charge is 0.317 e. The van der Waals surface area contributed by atoms with E-state index >= 15 is 0 Å². The summed E-state index contributed by atoms with van der Waals surface area (Å²) in [5.74, 6) is -0.720. The Morgan fingerprint density at radius 2 is 1.80 bits per heavy atom. The van der Waals surface area contributed by atoms with Crippen molar-refractivity contribution in [2.75, 3.05) is 19.6 Å². The third-order valence-corrected chi connectivity index (χ3v) is 5.37. The van der Waals surface area contributed by atoms with Gasteiger partial charge in [0.15, 0.2) is 0 Å². The summed E-state index contributed by atoms with van der Waals surface area (Å²) < 4.78 is 0. The third kappa shape index (κ3) is 2.91. The molecule has 2 amide bonds. The molecular formula is C15H26N2O3. The standard InChI is InChI=1S/C15H26N2O3/c1-3-15(12(18)19)7-9-17(10-8-15)13(20)16-11-14(2)5-4-6-14/h3-11H2,1-2H3,(H,16,20)(H,18,19). The highest BCUT2D eigenvalue weighted by Crippen LogP contribution is 2.39. The SMILES string of the molecule is CCC1(C(=O)O)CCN(C(=O)NCC2(C)CCC2)CC1. The molecule has 2 fully saturated rings. The maximum atomic E-state index is 12.1. The van der Waals surface area contributed by atoms with Gasteiger partial charge in [-0.1, -0.05) is 20.3 Å². The van der Waals surface area contributed by atoms with Crippen molar-refractivity contribution in [1.82, 2.24) is 10.2 Å². The van der Waals surface area contributed by atoms with Crippen LogP contribution >= 0.6 is 0 Å². The largest absolute Gasteiger partial charge is 0.481 e. The summed E-state index contributed by atoms with van der Waals surface area (Å²) >= 11 is 0. The molecule has 2 aliphatic rings. The van der Waals surface area contributed by atoms with Crippen LogP contribution in [0.4, 0.5) is 4.79 Å². The van der Waals surface area contributed by atoms with Crippen molar-refractivity contribution in [3.8, 4) is 0 Å². The van der Waals surface area contributed by atoms with Crippen LogP contribution in [0.1, 0.15) is 52.4 Å². The highest BCUT2D eigenvalue weighted by atomic mass is 16.4. The Morgan fingerprint density at radius 3 is 2.20 bits per heavy atom. The average Bonchev–Trinajstić information content (AvgIpc) is 2.42. The predicted molar refractivity (Wildman–Crippen MR) is 76.5 cm³/mol. The van der Waals surface area contributed by atoms with Crippen molar-refractivity contribution in [2.24, 2.45) is 10.8 Å². The van der Waals surface area contributed by atoms with Crippen LogP contribution in [0, 0.1) is 10.8 Å². The van der Waals surface area contributed by atoms with E-state index in [-0.39, 0.29) is 11.4 Å². The van der Waals surface area contributed by atoms with Crippen molar-refractivity contribution < 1.29 is 14.7 Å². The number of piperidine rings is 1. The van der Waals surface area contributed by atoms with Gasteiger partial charge in [0.1, 0.15) is 0 Å². The van der Waals surface area contributed by atoms with Gasteiger partial charge < -0.3 is 15.3 Å². The number of hydrogen-bond acceptors (Lipinski definition) is 2. The summed E-state index contributed by atoms with van der Waals surface area (Å²) in [7, 11) is 0. The molecule has 0 aromatic carbocycles. The molecule has 114 valence electrons. The Bertz CT molecular complexity index is 383. The van der Waals surface area contributed by atoms with Crippen LogP contribution < -0.4 is 5.32 Å². The van der Waals surface area contributed by atoms with Crippen LogP contribution in [0.2, 0.25) is 0 Å². The Labute approximate surface area is 120 Å². The molecule has 0 atom stereocenters. The van der Waals surface area contributed by atoms with Crippen LogP contribution in [-0.2, 0) is 4.79 Å². The van der Waals surface area contributed by atoms with Gasteiger partial charge in [-0.25, -0.2) is 4.79 Å². The van der Waals surface area contributed by atoms with Crippen LogP contribution in [-0.4, -0.2) is 41.6 Å². The number of nitrogens with one attached hydrogen (secondary N) is 1. The molecule has 0 unspecified atom stereocenters. The second-order valence-electron chi connectivity index (χ2n) is 6.75. The molecule has 1 saturated heterocycles. The molecule has 1 aliphatic carbocycles. The van der Waals surface area contributed by atoms with E-state index in [1.807, 2.05) is 6.92 Å². The zero-order chi connectivity index (χ0) is 14.8. The fourth-order valence-corrected chi connectivity index (χ4v) is 3.21. The number of carbonyl (C=O) groups excluding carboxylic acids is 1. The molecule has 20 heavy (non-hydrogen) atoms. The van der Waals surface area contributed by atoms with Crippen molar-refractivity contribution in [2.45, 2.75) is 52.4 Å². The van der Waals surface area contributed by atoms with Gasteiger partial charge in [-0.15, -0.1) is 0 Å². The van der Waals surface area contributed by atoms with E-state index in [2.05, 4.69) is 12.2 Å². The quantitative estimate of drug-likeness (QED) is 0.832. The number of aliphatic carboxylic acids is 1. The number of amides is 2. The molecule has 0 bridgehead atoms. The minimum Gasteiger partial charge on any atom is -0.481 e. The van der Waals surface area contributed by atoms with Crippen molar-refractivity contribution in [3.63, 3.8) is 0 Å². The fraction of sp³-hybridized carbons (Fsp3) is 0.867. The van der Waals surface area contributed by atoms with E-state index < -0.39 is 11.4 Å². The van der Waals surface area contributed by atoms with E-state index in [4.69, 9.17) is 0 Å². The summed E-state index contributed by atoms with van der Waals surface area (Å²) in [5.41, 5.74) is -0.351. The van der Waals surface area contributed by atoms with Gasteiger partial charge in [0.05, 0.1) is 5.41 Å². The van der Waals surface area contributed by atoms with Gasteiger partial charge in [-0.2, -0.15) is 0 Å². The summed E-state index contributed by atoms with van der Waals surface area (Å²) in [4.78, 5) is 25.3. The van der Waals surface area contributed by atoms with Crippen molar-refractivity contribution in [1.29, 1.82) is 0 Å². The highest BCUT2D eigenvalue weighted by molar-refractivity contribution is 5.77. The maximum absolute atomic E-state index is 12.1. The molecule has 0 aromatic heterocycles. The molecule has 1 saturated carbocycles. The molecule has 1 heterocycles. The molecule has 5 nitrogen and oxygen atoms in total. The summed E-state index contributed by atoms with van der Waals surface area (Å²) in [6, 6.07) is -0.0341. The summed E-state index contributed by atoms with van der Waals surface area (Å²) in [5, 5.41) is 12.4. The third-order valence-electron chi connectivity index (χ3n) is 5.37. The van der Waals surface area contributed by atoms with Crippen LogP contribution in [0.25, 0.3) is 0 Å². The van der Waals surface area contributed by atoms with Gasteiger partial charge in [0.2, 0.25) is 0 Å². The number of carboxylic acid groups (broad SMARTS) is 1. The van der Waals surface area contributed by atoms with Gasteiger partial charge in [-0.05, 0) is 37.5 Å². The maximum Gasteiger partial charge on any atom is 0.317 e. The molecule has 2 N–H and O–H groups in total. The van der Waals surface area contributed by atoms with E-state index in [9.17, 15) is 14.7 Å². The van der Waals surface area contributed by atoms with Gasteiger partial charge in [0.25, 0.3) is 0 Å². The van der Waals surface area contributed by atoms with Gasteiger partial charge in [0, 0.05) is 19.6 Å². The second-order valence-corrected chi connectivity index (χ2v) is 6.75. The first-order chi connectivity index (χ1) is 9.41. The average molecular weight is 282 g/mol. The zero-order valence-electron chi connectivity index (χ0n) is 12.6. The second kappa shape index (κ2) is 5.62. The number of rotatable bonds is 4. The fourth-order valence-electron chi connectivity index (χ4n) is 3.21. The van der Waals surface area contributed by atoms with E-state index in [0.717, 1.165) is 6.54 Å². The minimum atomic E-state index is -0.720. The lowest BCUT2D eigenvalue weighted by molar-refractivity contribution is -0.151. The van der Waals surface area contributed by atoms with E-state index in [1.54, 1.807) is 4.90 Å². The number of carbonyl (C=O) groups is 2. The zero-order valence-corrected chi connectivity index (χ0v) is 12.6. The van der Waals surface area contributed by atoms with E-state index in [0.29, 0.717) is 32.4 Å². The number of carboxylic acids is 1. The van der Waals surface area contributed by atoms with Gasteiger partial charge >= 0.3 is 12.0 Å². The molecule has 5 heteroatoms. The highest BCUT2D eigenvalue weighted by Gasteiger charge is 2.41. The normalized spacial score (nSPS) is 23.8. The van der Waals surface area contributed by atoms with Crippen molar-refractivity contribution >= 4 is 12.0 Å². The molecule has 0 aromatic rings. The molecule has 1 aliphatic heterocycles. The lowest BCUT2D eigenvalue weighted by atomic mass is 9.70. The molecular weight excluding hydrogens is 256 g/mol. The first-order valence-corrected chi connectivity index (χ1v) is 7.67. The van der Waals surface area contributed by atoms with Gasteiger partial charge in [-0.3, -0.25) is 4.79 Å². The Morgan fingerprint density at radius 1 is 1.20 bits per heavy atom. The molecule has 0 radical (unpaired) electrons. The first-order valence-electron chi connectivity index (χ1n) is 7.67. The lowest BCUT2D eigenvalue weighted by Crippen LogP contribution is -2.51. The molecule has 2 rings (SSSR count). The van der Waals surface area contributed by atoms with Crippen LogP contribution in [0.15, 0.2) is 0 Å². The Kier molecular flexibility index (Phi) is 4.25. The Hall–Kier alpha value is -1.26. The number of likely N-dealkylation sites (tertiary alicyclic amines) is 1. The number of nitrogens with zero attached hydrogens (tertiary/aromatic N) is 1. The Balaban J connectivity index is 1.81. The molecule has 0 spiro atoms. The van der Waals surface area contributed by atoms with Crippen LogP contribution in [0.5, 0.6) is 0 Å². The topological polar surface area (TPSA) is 69.6 Å². The summed E-state index contributed by atoms with van der Waals surface area (Å²) in [6.07, 6.45) is 5.38. The monoisotopic (exact) mass is 282 g/mol. The van der Waals surface area contributed by atoms with Crippen molar-refractivity contribution in [3.05, 3.63) is 0 Å². The lowest BCUT2D eigenvalue weighted by Gasteiger charge is -2.41. The number of hydrogen-bond donors (Lipinski definition) is 2. The minimum absolute atomic E-state index is 0.0341. The predicted octanol–water partition coefficient (Wildman–Crippen LogP) is 2.46. The van der Waals surface area contributed by atoms with E-state index in [1.165, 1.54) is 19.3 Å². The summed E-state index contributed by atoms with van der Waals surface area (Å²) in [6.45, 7) is 5.95. The first kappa shape index (κ1) is 15.1.